The van der Waals surface area contributed by atoms with E-state index in [2.05, 4.69) is 21.2 Å². The molecule has 1 saturated heterocycles. The Morgan fingerprint density at radius 1 is 1.11 bits per heavy atom. The van der Waals surface area contributed by atoms with Crippen molar-refractivity contribution in [2.75, 3.05) is 18.5 Å². The summed E-state index contributed by atoms with van der Waals surface area (Å²) < 4.78 is 12.0. The third-order valence-corrected chi connectivity index (χ3v) is 7.25. The highest BCUT2D eigenvalue weighted by Crippen LogP contribution is 2.39. The number of carbonyl (C=O) groups is 3. The molecule has 0 radical (unpaired) electrons. The third-order valence-electron chi connectivity index (χ3n) is 5.42. The fraction of sp³-hybridized carbons (Fsp3) is 0.179. The van der Waals surface area contributed by atoms with Crippen molar-refractivity contribution in [3.05, 3.63) is 91.8 Å². The minimum Gasteiger partial charge on any atom is -0.490 e. The number of para-hydroxylation sites is 1. The van der Waals surface area contributed by atoms with Gasteiger partial charge in [0.2, 0.25) is 0 Å². The van der Waals surface area contributed by atoms with Gasteiger partial charge in [0.25, 0.3) is 17.1 Å². The largest absolute Gasteiger partial charge is 0.490 e. The van der Waals surface area contributed by atoms with Gasteiger partial charge in [0.1, 0.15) is 0 Å². The van der Waals surface area contributed by atoms with Crippen LogP contribution in [0.5, 0.6) is 11.5 Å². The maximum Gasteiger partial charge on any atom is 0.293 e. The Hall–Kier alpha value is -3.27. The summed E-state index contributed by atoms with van der Waals surface area (Å²) in [6.45, 7) is 4.07. The number of nitrogens with one attached hydrogen (secondary N) is 1. The Balaban J connectivity index is 1.50. The number of anilines is 1. The second-order valence-electron chi connectivity index (χ2n) is 8.34. The highest BCUT2D eigenvalue weighted by Gasteiger charge is 2.35. The molecule has 3 aromatic rings. The van der Waals surface area contributed by atoms with Crippen LogP contribution in [0.15, 0.2) is 70.0 Å². The lowest BCUT2D eigenvalue weighted by atomic mass is 10.1. The number of rotatable bonds is 9. The molecule has 4 rings (SSSR count). The average Bonchev–Trinajstić information content (AvgIpc) is 3.12. The number of hydrogen-bond acceptors (Lipinski definition) is 6. The molecule has 0 aliphatic carbocycles. The van der Waals surface area contributed by atoms with Gasteiger partial charge in [-0.25, -0.2) is 0 Å². The first-order valence-electron chi connectivity index (χ1n) is 11.7. The van der Waals surface area contributed by atoms with Crippen molar-refractivity contribution in [3.63, 3.8) is 0 Å². The standard InChI is InChI=1S/C28H24BrClN2O5S/c1-3-36-23-13-19(12-20(29)26(23)37-16-25(33)31-22-10-5-4-9-21(22)30)14-24-27(34)32(28(35)38-24)15-18-8-6-7-17(2)11-18/h4-14H,3,15-16H2,1-2H3,(H,31,33)/b24-14-. The number of nitrogens with zero attached hydrogens (tertiary/aromatic N) is 1. The van der Waals surface area contributed by atoms with Gasteiger partial charge >= 0.3 is 0 Å². The van der Waals surface area contributed by atoms with Crippen LogP contribution in [0, 0.1) is 6.92 Å². The Morgan fingerprint density at radius 2 is 1.89 bits per heavy atom. The van der Waals surface area contributed by atoms with Crippen molar-refractivity contribution in [3.8, 4) is 11.5 Å². The van der Waals surface area contributed by atoms with Gasteiger partial charge < -0.3 is 14.8 Å². The fourth-order valence-corrected chi connectivity index (χ4v) is 5.34. The SMILES string of the molecule is CCOc1cc(/C=C2\SC(=O)N(Cc3cccc(C)c3)C2=O)cc(Br)c1OCC(=O)Nc1ccccc1Cl. The molecule has 10 heteroatoms. The molecule has 1 aliphatic heterocycles. The molecule has 7 nitrogen and oxygen atoms in total. The van der Waals surface area contributed by atoms with Crippen LogP contribution in [0.3, 0.4) is 0 Å². The van der Waals surface area contributed by atoms with Crippen molar-refractivity contribution in [2.45, 2.75) is 20.4 Å². The van der Waals surface area contributed by atoms with E-state index in [0.717, 1.165) is 22.9 Å². The Labute approximate surface area is 238 Å². The first kappa shape index (κ1) is 27.8. The first-order chi connectivity index (χ1) is 18.2. The molecule has 1 aliphatic rings. The molecule has 3 amide bonds. The van der Waals surface area contributed by atoms with E-state index in [1.165, 1.54) is 4.90 Å². The van der Waals surface area contributed by atoms with E-state index < -0.39 is 0 Å². The normalized spacial score (nSPS) is 14.2. The molecule has 0 atom stereocenters. The van der Waals surface area contributed by atoms with Gasteiger partial charge in [-0.05, 0) is 83.0 Å². The van der Waals surface area contributed by atoms with Crippen LogP contribution in [0.4, 0.5) is 10.5 Å². The smallest absolute Gasteiger partial charge is 0.293 e. The van der Waals surface area contributed by atoms with Crippen molar-refractivity contribution in [1.29, 1.82) is 0 Å². The summed E-state index contributed by atoms with van der Waals surface area (Å²) in [4.78, 5) is 39.6. The minimum absolute atomic E-state index is 0.209. The van der Waals surface area contributed by atoms with Gasteiger partial charge in [-0.15, -0.1) is 0 Å². The van der Waals surface area contributed by atoms with Crippen LogP contribution in [-0.2, 0) is 16.1 Å². The lowest BCUT2D eigenvalue weighted by molar-refractivity contribution is -0.123. The van der Waals surface area contributed by atoms with E-state index in [9.17, 15) is 14.4 Å². The van der Waals surface area contributed by atoms with E-state index in [1.807, 2.05) is 38.1 Å². The fourth-order valence-electron chi connectivity index (χ4n) is 3.74. The molecule has 0 saturated carbocycles. The van der Waals surface area contributed by atoms with E-state index in [-0.39, 0.29) is 30.2 Å². The number of benzene rings is 3. The van der Waals surface area contributed by atoms with Gasteiger partial charge in [-0.3, -0.25) is 19.3 Å². The van der Waals surface area contributed by atoms with Gasteiger partial charge in [0.05, 0.1) is 33.2 Å². The summed E-state index contributed by atoms with van der Waals surface area (Å²) in [5, 5.41) is 2.80. The Bertz CT molecular complexity index is 1430. The zero-order chi connectivity index (χ0) is 27.2. The second kappa shape index (κ2) is 12.5. The molecule has 1 fully saturated rings. The van der Waals surface area contributed by atoms with E-state index >= 15 is 0 Å². The summed E-state index contributed by atoms with van der Waals surface area (Å²) in [5.74, 6) is -0.0190. The molecule has 1 N–H and O–H groups in total. The Kier molecular flexibility index (Phi) is 9.14. The number of hydrogen-bond donors (Lipinski definition) is 1. The van der Waals surface area contributed by atoms with Crippen LogP contribution in [0.2, 0.25) is 5.02 Å². The van der Waals surface area contributed by atoms with E-state index in [0.29, 0.717) is 43.8 Å². The van der Waals surface area contributed by atoms with Crippen molar-refractivity contribution in [1.82, 2.24) is 4.90 Å². The molecule has 196 valence electrons. The topological polar surface area (TPSA) is 84.9 Å². The number of imide groups is 1. The summed E-state index contributed by atoms with van der Waals surface area (Å²) in [6, 6.07) is 18.0. The van der Waals surface area contributed by atoms with Gasteiger partial charge in [-0.2, -0.15) is 0 Å². The zero-order valence-electron chi connectivity index (χ0n) is 20.6. The summed E-state index contributed by atoms with van der Waals surface area (Å²) >= 11 is 10.5. The average molecular weight is 616 g/mol. The molecular weight excluding hydrogens is 592 g/mol. The molecule has 38 heavy (non-hydrogen) atoms. The summed E-state index contributed by atoms with van der Waals surface area (Å²) in [7, 11) is 0. The van der Waals surface area contributed by atoms with E-state index in [4.69, 9.17) is 21.1 Å². The number of amides is 3. The monoisotopic (exact) mass is 614 g/mol. The number of ether oxygens (including phenoxy) is 2. The van der Waals surface area contributed by atoms with Crippen molar-refractivity contribution in [2.24, 2.45) is 0 Å². The molecule has 0 spiro atoms. The van der Waals surface area contributed by atoms with Crippen LogP contribution in [-0.4, -0.2) is 35.2 Å². The van der Waals surface area contributed by atoms with Crippen LogP contribution in [0.25, 0.3) is 6.08 Å². The van der Waals surface area contributed by atoms with Crippen LogP contribution >= 0.6 is 39.3 Å². The lowest BCUT2D eigenvalue weighted by Gasteiger charge is -2.15. The lowest BCUT2D eigenvalue weighted by Crippen LogP contribution is -2.27. The van der Waals surface area contributed by atoms with Gasteiger partial charge in [-0.1, -0.05) is 53.6 Å². The molecule has 0 bridgehead atoms. The van der Waals surface area contributed by atoms with Crippen molar-refractivity contribution < 1.29 is 23.9 Å². The van der Waals surface area contributed by atoms with Gasteiger partial charge in [0, 0.05) is 0 Å². The predicted molar refractivity (Wildman–Crippen MR) is 154 cm³/mol. The van der Waals surface area contributed by atoms with E-state index in [1.54, 1.807) is 42.5 Å². The zero-order valence-corrected chi connectivity index (χ0v) is 23.8. The molecule has 0 unspecified atom stereocenters. The number of carbonyl (C=O) groups excluding carboxylic acids is 3. The highest BCUT2D eigenvalue weighted by molar-refractivity contribution is 9.10. The Morgan fingerprint density at radius 3 is 2.63 bits per heavy atom. The van der Waals surface area contributed by atoms with Crippen LogP contribution in [0.1, 0.15) is 23.6 Å². The first-order valence-corrected chi connectivity index (χ1v) is 13.7. The number of halogens is 2. The third kappa shape index (κ3) is 6.78. The molecule has 0 aromatic heterocycles. The summed E-state index contributed by atoms with van der Waals surface area (Å²) in [6.07, 6.45) is 1.64. The number of thioether (sulfide) groups is 1. The second-order valence-corrected chi connectivity index (χ2v) is 10.6. The maximum atomic E-state index is 13.0. The predicted octanol–water partition coefficient (Wildman–Crippen LogP) is 7.06. The molecule has 3 aromatic carbocycles. The highest BCUT2D eigenvalue weighted by atomic mass is 79.9. The van der Waals surface area contributed by atoms with Crippen LogP contribution < -0.4 is 14.8 Å². The van der Waals surface area contributed by atoms with Crippen molar-refractivity contribution >= 4 is 68.1 Å². The quantitative estimate of drug-likeness (QED) is 0.259. The molecule has 1 heterocycles. The maximum absolute atomic E-state index is 13.0. The molecular formula is C28H24BrClN2O5S. The van der Waals surface area contributed by atoms with Gasteiger partial charge in [0.15, 0.2) is 18.1 Å². The minimum atomic E-state index is -0.390. The summed E-state index contributed by atoms with van der Waals surface area (Å²) in [5.41, 5.74) is 3.06. The number of aryl methyl sites for hydroxylation is 1.